The van der Waals surface area contributed by atoms with Crippen LogP contribution >= 0.6 is 0 Å². The van der Waals surface area contributed by atoms with E-state index in [1.165, 1.54) is 32.1 Å². The Labute approximate surface area is 106 Å². The minimum atomic E-state index is 0.406. The highest BCUT2D eigenvalue weighted by Crippen LogP contribution is 2.30. The van der Waals surface area contributed by atoms with E-state index in [0.29, 0.717) is 12.1 Å². The van der Waals surface area contributed by atoms with Crippen molar-refractivity contribution in [2.24, 2.45) is 5.92 Å². The molecule has 1 saturated carbocycles. The lowest BCUT2D eigenvalue weighted by Crippen LogP contribution is -2.54. The Morgan fingerprint density at radius 2 is 2.12 bits per heavy atom. The molecule has 2 rings (SSSR count). The molecule has 0 radical (unpaired) electrons. The highest BCUT2D eigenvalue weighted by atomic mass is 16.5. The zero-order valence-corrected chi connectivity index (χ0v) is 11.5. The monoisotopic (exact) mass is 240 g/mol. The van der Waals surface area contributed by atoms with E-state index in [9.17, 15) is 0 Å². The number of rotatable bonds is 5. The van der Waals surface area contributed by atoms with Crippen LogP contribution in [0.4, 0.5) is 0 Å². The third-order valence-corrected chi connectivity index (χ3v) is 4.23. The molecule has 2 unspecified atom stereocenters. The molecular formula is C14H28N2O. The second kappa shape index (κ2) is 6.72. The standard InChI is InChI=1S/C14H28N2O/c1-3-8-15-14(12-6-4-5-7-12)13-11-16(2)9-10-17-13/h12-15H,3-11H2,1-2H3. The molecule has 17 heavy (non-hydrogen) atoms. The lowest BCUT2D eigenvalue weighted by molar-refractivity contribution is -0.0488. The summed E-state index contributed by atoms with van der Waals surface area (Å²) in [5.74, 6) is 0.845. The average Bonchev–Trinajstić information content (AvgIpc) is 2.83. The van der Waals surface area contributed by atoms with Crippen molar-refractivity contribution in [2.75, 3.05) is 33.3 Å². The maximum atomic E-state index is 6.02. The van der Waals surface area contributed by atoms with Crippen LogP contribution in [0.5, 0.6) is 0 Å². The van der Waals surface area contributed by atoms with Gasteiger partial charge < -0.3 is 15.0 Å². The van der Waals surface area contributed by atoms with Crippen LogP contribution in [-0.4, -0.2) is 50.3 Å². The summed E-state index contributed by atoms with van der Waals surface area (Å²) in [7, 11) is 2.21. The number of morpholine rings is 1. The summed E-state index contributed by atoms with van der Waals surface area (Å²) < 4.78 is 6.02. The van der Waals surface area contributed by atoms with Gasteiger partial charge in [0.05, 0.1) is 12.7 Å². The van der Waals surface area contributed by atoms with E-state index >= 15 is 0 Å². The molecule has 0 amide bonds. The van der Waals surface area contributed by atoms with Gasteiger partial charge in [0.15, 0.2) is 0 Å². The highest BCUT2D eigenvalue weighted by molar-refractivity contribution is 4.89. The molecule has 100 valence electrons. The van der Waals surface area contributed by atoms with E-state index in [-0.39, 0.29) is 0 Å². The van der Waals surface area contributed by atoms with Crippen molar-refractivity contribution in [3.63, 3.8) is 0 Å². The van der Waals surface area contributed by atoms with Crippen LogP contribution in [0.1, 0.15) is 39.0 Å². The summed E-state index contributed by atoms with van der Waals surface area (Å²) >= 11 is 0. The molecule has 0 aromatic carbocycles. The van der Waals surface area contributed by atoms with Gasteiger partial charge in [-0.15, -0.1) is 0 Å². The molecular weight excluding hydrogens is 212 g/mol. The molecule has 1 aliphatic carbocycles. The number of nitrogens with one attached hydrogen (secondary N) is 1. The smallest absolute Gasteiger partial charge is 0.0857 e. The molecule has 1 saturated heterocycles. The molecule has 0 bridgehead atoms. The summed E-state index contributed by atoms with van der Waals surface area (Å²) in [6.07, 6.45) is 7.24. The minimum Gasteiger partial charge on any atom is -0.374 e. The predicted molar refractivity (Wildman–Crippen MR) is 71.3 cm³/mol. The van der Waals surface area contributed by atoms with Gasteiger partial charge in [0.1, 0.15) is 0 Å². The van der Waals surface area contributed by atoms with Gasteiger partial charge in [0.2, 0.25) is 0 Å². The number of likely N-dealkylation sites (N-methyl/N-ethyl adjacent to an activating group) is 1. The number of nitrogens with zero attached hydrogens (tertiary/aromatic N) is 1. The first-order valence-electron chi connectivity index (χ1n) is 7.34. The normalized spacial score (nSPS) is 29.6. The summed E-state index contributed by atoms with van der Waals surface area (Å²) in [5, 5.41) is 3.75. The summed E-state index contributed by atoms with van der Waals surface area (Å²) in [6, 6.07) is 0.584. The molecule has 1 N–H and O–H groups in total. The zero-order chi connectivity index (χ0) is 12.1. The highest BCUT2D eigenvalue weighted by Gasteiger charge is 2.33. The number of hydrogen-bond acceptors (Lipinski definition) is 3. The Bertz CT molecular complexity index is 216. The van der Waals surface area contributed by atoms with Gasteiger partial charge in [-0.25, -0.2) is 0 Å². The van der Waals surface area contributed by atoms with Crippen LogP contribution in [0.25, 0.3) is 0 Å². The lowest BCUT2D eigenvalue weighted by atomic mass is 9.92. The zero-order valence-electron chi connectivity index (χ0n) is 11.5. The molecule has 3 nitrogen and oxygen atoms in total. The first-order chi connectivity index (χ1) is 8.31. The second-order valence-corrected chi connectivity index (χ2v) is 5.70. The quantitative estimate of drug-likeness (QED) is 0.794. The Kier molecular flexibility index (Phi) is 5.26. The van der Waals surface area contributed by atoms with Crippen molar-refractivity contribution < 1.29 is 4.74 Å². The van der Waals surface area contributed by atoms with Crippen LogP contribution in [0.15, 0.2) is 0 Å². The van der Waals surface area contributed by atoms with Crippen LogP contribution in [0, 0.1) is 5.92 Å². The topological polar surface area (TPSA) is 24.5 Å². The van der Waals surface area contributed by atoms with Crippen LogP contribution in [-0.2, 0) is 4.74 Å². The average molecular weight is 240 g/mol. The maximum absolute atomic E-state index is 6.02. The van der Waals surface area contributed by atoms with E-state index < -0.39 is 0 Å². The second-order valence-electron chi connectivity index (χ2n) is 5.70. The minimum absolute atomic E-state index is 0.406. The van der Waals surface area contributed by atoms with Gasteiger partial charge >= 0.3 is 0 Å². The first-order valence-corrected chi connectivity index (χ1v) is 7.34. The summed E-state index contributed by atoms with van der Waals surface area (Å²) in [5.41, 5.74) is 0. The van der Waals surface area contributed by atoms with Gasteiger partial charge in [-0.3, -0.25) is 0 Å². The van der Waals surface area contributed by atoms with Crippen molar-refractivity contribution in [1.82, 2.24) is 10.2 Å². The van der Waals surface area contributed by atoms with Crippen molar-refractivity contribution in [1.29, 1.82) is 0 Å². The van der Waals surface area contributed by atoms with E-state index in [1.54, 1.807) is 0 Å². The molecule has 0 aromatic heterocycles. The molecule has 1 aliphatic heterocycles. The Balaban J connectivity index is 1.92. The fourth-order valence-corrected chi connectivity index (χ4v) is 3.26. The van der Waals surface area contributed by atoms with E-state index in [4.69, 9.17) is 4.74 Å². The number of ether oxygens (including phenoxy) is 1. The third kappa shape index (κ3) is 3.67. The maximum Gasteiger partial charge on any atom is 0.0857 e. The van der Waals surface area contributed by atoms with Crippen molar-refractivity contribution >= 4 is 0 Å². The summed E-state index contributed by atoms with van der Waals surface area (Å²) in [4.78, 5) is 2.41. The molecule has 2 atom stereocenters. The van der Waals surface area contributed by atoms with E-state index in [0.717, 1.165) is 32.2 Å². The van der Waals surface area contributed by atoms with Gasteiger partial charge in [-0.05, 0) is 38.8 Å². The van der Waals surface area contributed by atoms with Gasteiger partial charge in [0.25, 0.3) is 0 Å². The molecule has 1 heterocycles. The SMILES string of the molecule is CCCNC(C1CCCC1)C1CN(C)CCO1. The lowest BCUT2D eigenvalue weighted by Gasteiger charge is -2.38. The Hall–Kier alpha value is -0.120. The summed E-state index contributed by atoms with van der Waals surface area (Å²) in [6.45, 7) is 6.45. The van der Waals surface area contributed by atoms with Crippen molar-refractivity contribution in [2.45, 2.75) is 51.2 Å². The van der Waals surface area contributed by atoms with Crippen LogP contribution < -0.4 is 5.32 Å². The molecule has 2 fully saturated rings. The number of hydrogen-bond donors (Lipinski definition) is 1. The van der Waals surface area contributed by atoms with Crippen LogP contribution in [0.3, 0.4) is 0 Å². The van der Waals surface area contributed by atoms with E-state index in [2.05, 4.69) is 24.2 Å². The first kappa shape index (κ1) is 13.3. The largest absolute Gasteiger partial charge is 0.374 e. The third-order valence-electron chi connectivity index (χ3n) is 4.23. The van der Waals surface area contributed by atoms with Crippen LogP contribution in [0.2, 0.25) is 0 Å². The predicted octanol–water partition coefficient (Wildman–Crippen LogP) is 1.88. The van der Waals surface area contributed by atoms with E-state index in [1.807, 2.05) is 0 Å². The fraction of sp³-hybridized carbons (Fsp3) is 1.00. The molecule has 3 heteroatoms. The fourth-order valence-electron chi connectivity index (χ4n) is 3.26. The van der Waals surface area contributed by atoms with Crippen molar-refractivity contribution in [3.8, 4) is 0 Å². The van der Waals surface area contributed by atoms with Gasteiger partial charge in [-0.1, -0.05) is 19.8 Å². The molecule has 2 aliphatic rings. The van der Waals surface area contributed by atoms with Gasteiger partial charge in [0, 0.05) is 19.1 Å². The molecule has 0 aromatic rings. The van der Waals surface area contributed by atoms with Gasteiger partial charge in [-0.2, -0.15) is 0 Å². The Morgan fingerprint density at radius 1 is 1.35 bits per heavy atom. The van der Waals surface area contributed by atoms with Crippen molar-refractivity contribution in [3.05, 3.63) is 0 Å². The molecule has 0 spiro atoms. The Morgan fingerprint density at radius 3 is 2.76 bits per heavy atom.